The predicted molar refractivity (Wildman–Crippen MR) is 95.7 cm³/mol. The average molecular weight is 333 g/mol. The van der Waals surface area contributed by atoms with Crippen molar-refractivity contribution in [1.82, 2.24) is 4.98 Å². The summed E-state index contributed by atoms with van der Waals surface area (Å²) in [5.74, 6) is -0.456. The zero-order chi connectivity index (χ0) is 17.2. The molecule has 0 saturated heterocycles. The number of nitrogens with zero attached hydrogens (tertiary/aromatic N) is 2. The summed E-state index contributed by atoms with van der Waals surface area (Å²) < 4.78 is 13.8. The molecular formula is C20H16FN3O. The van der Waals surface area contributed by atoms with Crippen molar-refractivity contribution >= 4 is 23.0 Å². The number of rotatable bonds is 3. The van der Waals surface area contributed by atoms with E-state index in [0.29, 0.717) is 23.5 Å². The van der Waals surface area contributed by atoms with Crippen molar-refractivity contribution in [3.05, 3.63) is 83.9 Å². The lowest BCUT2D eigenvalue weighted by Gasteiger charge is -2.17. The molecule has 0 saturated carbocycles. The molecule has 0 aliphatic carbocycles. The van der Waals surface area contributed by atoms with E-state index >= 15 is 0 Å². The van der Waals surface area contributed by atoms with Crippen LogP contribution in [0.5, 0.6) is 0 Å². The van der Waals surface area contributed by atoms with E-state index in [0.717, 1.165) is 12.1 Å². The van der Waals surface area contributed by atoms with Crippen LogP contribution in [0.3, 0.4) is 0 Å². The van der Waals surface area contributed by atoms with Gasteiger partial charge in [-0.25, -0.2) is 4.39 Å². The van der Waals surface area contributed by atoms with Crippen LogP contribution in [-0.2, 0) is 6.42 Å². The molecule has 4 nitrogen and oxygen atoms in total. The lowest BCUT2D eigenvalue weighted by atomic mass is 10.2. The molecule has 0 atom stereocenters. The molecule has 1 aliphatic heterocycles. The van der Waals surface area contributed by atoms with E-state index < -0.39 is 0 Å². The number of para-hydroxylation sites is 2. The summed E-state index contributed by atoms with van der Waals surface area (Å²) in [7, 11) is 0. The summed E-state index contributed by atoms with van der Waals surface area (Å²) in [5.41, 5.74) is 3.51. The normalized spacial score (nSPS) is 12.8. The maximum absolute atomic E-state index is 13.8. The van der Waals surface area contributed by atoms with Crippen molar-refractivity contribution in [2.45, 2.75) is 6.42 Å². The number of carbonyl (C=O) groups is 1. The molecule has 0 spiro atoms. The Morgan fingerprint density at radius 3 is 2.76 bits per heavy atom. The highest BCUT2D eigenvalue weighted by molar-refractivity contribution is 6.07. The maximum Gasteiger partial charge on any atom is 0.259 e. The molecule has 1 aromatic heterocycles. The molecule has 5 heteroatoms. The van der Waals surface area contributed by atoms with Gasteiger partial charge in [0.05, 0.1) is 23.1 Å². The van der Waals surface area contributed by atoms with Gasteiger partial charge in [0.2, 0.25) is 0 Å². The Labute approximate surface area is 144 Å². The van der Waals surface area contributed by atoms with Crippen LogP contribution in [0.4, 0.5) is 21.5 Å². The third kappa shape index (κ3) is 2.96. The first-order valence-electron chi connectivity index (χ1n) is 8.09. The van der Waals surface area contributed by atoms with Gasteiger partial charge in [0.1, 0.15) is 5.82 Å². The second kappa shape index (κ2) is 6.36. The van der Waals surface area contributed by atoms with Crippen molar-refractivity contribution < 1.29 is 9.18 Å². The van der Waals surface area contributed by atoms with Crippen LogP contribution < -0.4 is 10.2 Å². The van der Waals surface area contributed by atoms with E-state index in [1.54, 1.807) is 35.4 Å². The first-order valence-corrected chi connectivity index (χ1v) is 8.09. The highest BCUT2D eigenvalue weighted by Crippen LogP contribution is 2.29. The maximum atomic E-state index is 13.8. The SMILES string of the molecule is O=C(c1cncc(Nc2ccccc2F)c1)N1CCc2ccccc21. The predicted octanol–water partition coefficient (Wildman–Crippen LogP) is 4.17. The fourth-order valence-corrected chi connectivity index (χ4v) is 3.05. The first kappa shape index (κ1) is 15.3. The number of fused-ring (bicyclic) bond motifs is 1. The fraction of sp³-hybridized carbons (Fsp3) is 0.100. The van der Waals surface area contributed by atoms with Crippen LogP contribution >= 0.6 is 0 Å². The number of pyridine rings is 1. The van der Waals surface area contributed by atoms with Gasteiger partial charge >= 0.3 is 0 Å². The molecule has 0 radical (unpaired) electrons. The smallest absolute Gasteiger partial charge is 0.259 e. The molecule has 0 fully saturated rings. The molecule has 3 aromatic rings. The Morgan fingerprint density at radius 2 is 1.88 bits per heavy atom. The van der Waals surface area contributed by atoms with E-state index in [4.69, 9.17) is 0 Å². The Balaban J connectivity index is 1.60. The molecule has 25 heavy (non-hydrogen) atoms. The van der Waals surface area contributed by atoms with E-state index in [2.05, 4.69) is 10.3 Å². The number of nitrogens with one attached hydrogen (secondary N) is 1. The monoisotopic (exact) mass is 333 g/mol. The highest BCUT2D eigenvalue weighted by Gasteiger charge is 2.25. The van der Waals surface area contributed by atoms with Crippen molar-refractivity contribution in [2.75, 3.05) is 16.8 Å². The molecule has 4 rings (SSSR count). The number of hydrogen-bond acceptors (Lipinski definition) is 3. The van der Waals surface area contributed by atoms with Gasteiger partial charge in [-0.05, 0) is 36.2 Å². The fourth-order valence-electron chi connectivity index (χ4n) is 3.05. The number of anilines is 3. The molecule has 1 N–H and O–H groups in total. The third-order valence-corrected chi connectivity index (χ3v) is 4.27. The molecular weight excluding hydrogens is 317 g/mol. The lowest BCUT2D eigenvalue weighted by molar-refractivity contribution is 0.0989. The van der Waals surface area contributed by atoms with E-state index in [9.17, 15) is 9.18 Å². The summed E-state index contributed by atoms with van der Waals surface area (Å²) >= 11 is 0. The van der Waals surface area contributed by atoms with Gasteiger partial charge in [-0.2, -0.15) is 0 Å². The van der Waals surface area contributed by atoms with Crippen LogP contribution in [0.1, 0.15) is 15.9 Å². The number of hydrogen-bond donors (Lipinski definition) is 1. The van der Waals surface area contributed by atoms with Gasteiger partial charge in [0.15, 0.2) is 0 Å². The van der Waals surface area contributed by atoms with Crippen LogP contribution in [0.25, 0.3) is 0 Å². The minimum absolute atomic E-state index is 0.102. The molecule has 2 aromatic carbocycles. The highest BCUT2D eigenvalue weighted by atomic mass is 19.1. The Hall–Kier alpha value is -3.21. The zero-order valence-corrected chi connectivity index (χ0v) is 13.4. The van der Waals surface area contributed by atoms with Gasteiger partial charge < -0.3 is 10.2 Å². The molecule has 1 aliphatic rings. The van der Waals surface area contributed by atoms with Gasteiger partial charge in [-0.15, -0.1) is 0 Å². The van der Waals surface area contributed by atoms with Gasteiger partial charge in [-0.3, -0.25) is 9.78 Å². The first-order chi connectivity index (χ1) is 12.2. The minimum Gasteiger partial charge on any atom is -0.352 e. The zero-order valence-electron chi connectivity index (χ0n) is 13.4. The topological polar surface area (TPSA) is 45.2 Å². The van der Waals surface area contributed by atoms with Gasteiger partial charge in [-0.1, -0.05) is 30.3 Å². The minimum atomic E-state index is -0.354. The molecule has 2 heterocycles. The third-order valence-electron chi connectivity index (χ3n) is 4.27. The standard InChI is InChI=1S/C20H16FN3O/c21-17-6-2-3-7-18(17)23-16-11-15(12-22-13-16)20(25)24-10-9-14-5-1-4-8-19(14)24/h1-8,11-13,23H,9-10H2. The quantitative estimate of drug-likeness (QED) is 0.782. The number of amides is 1. The van der Waals surface area contributed by atoms with Crippen molar-refractivity contribution in [3.63, 3.8) is 0 Å². The largest absolute Gasteiger partial charge is 0.352 e. The Kier molecular flexibility index (Phi) is 3.90. The van der Waals surface area contributed by atoms with Crippen LogP contribution in [0.2, 0.25) is 0 Å². The van der Waals surface area contributed by atoms with Crippen molar-refractivity contribution in [3.8, 4) is 0 Å². The average Bonchev–Trinajstić information content (AvgIpc) is 3.07. The number of carbonyl (C=O) groups excluding carboxylic acids is 1. The second-order valence-electron chi connectivity index (χ2n) is 5.90. The number of halogens is 1. The van der Waals surface area contributed by atoms with E-state index in [-0.39, 0.29) is 11.7 Å². The number of aromatic nitrogens is 1. The van der Waals surface area contributed by atoms with Crippen molar-refractivity contribution in [2.24, 2.45) is 0 Å². The summed E-state index contributed by atoms with van der Waals surface area (Å²) in [6, 6.07) is 16.0. The Morgan fingerprint density at radius 1 is 1.08 bits per heavy atom. The van der Waals surface area contributed by atoms with Gasteiger partial charge in [0, 0.05) is 18.4 Å². The summed E-state index contributed by atoms with van der Waals surface area (Å²) in [6.45, 7) is 0.656. The van der Waals surface area contributed by atoms with Crippen LogP contribution in [-0.4, -0.2) is 17.4 Å². The lowest BCUT2D eigenvalue weighted by Crippen LogP contribution is -2.29. The van der Waals surface area contributed by atoms with Crippen molar-refractivity contribution in [1.29, 1.82) is 0 Å². The molecule has 124 valence electrons. The summed E-state index contributed by atoms with van der Waals surface area (Å²) in [6.07, 6.45) is 3.96. The summed E-state index contributed by atoms with van der Waals surface area (Å²) in [5, 5.41) is 2.97. The summed E-state index contributed by atoms with van der Waals surface area (Å²) in [4.78, 5) is 18.8. The van der Waals surface area contributed by atoms with E-state index in [1.165, 1.54) is 17.8 Å². The van der Waals surface area contributed by atoms with Crippen LogP contribution in [0, 0.1) is 5.82 Å². The van der Waals surface area contributed by atoms with Crippen LogP contribution in [0.15, 0.2) is 67.0 Å². The number of benzene rings is 2. The molecule has 1 amide bonds. The van der Waals surface area contributed by atoms with E-state index in [1.807, 2.05) is 24.3 Å². The molecule has 0 bridgehead atoms. The second-order valence-corrected chi connectivity index (χ2v) is 5.90. The Bertz CT molecular complexity index is 941. The van der Waals surface area contributed by atoms with Gasteiger partial charge in [0.25, 0.3) is 5.91 Å². The molecule has 0 unspecified atom stereocenters.